The summed E-state index contributed by atoms with van der Waals surface area (Å²) in [7, 11) is 0. The van der Waals surface area contributed by atoms with E-state index in [1.807, 2.05) is 6.92 Å². The van der Waals surface area contributed by atoms with Crippen molar-refractivity contribution < 1.29 is 14.3 Å². The molecule has 1 aliphatic heterocycles. The standard InChI is InChI=1S/C19H37N3O3S/c1-4-9-19(10-11-25-18(19)24)22-17(23)8-6-7-16(14(3)5-2)21-12-15(20)13-26/h14-16,21,26H,4-13,20H2,1-3H3,(H,22,23)/t14-,15+,16-,19+/m0/s1. The van der Waals surface area contributed by atoms with Crippen molar-refractivity contribution in [1.82, 2.24) is 10.6 Å². The summed E-state index contributed by atoms with van der Waals surface area (Å²) in [6, 6.07) is 0.371. The van der Waals surface area contributed by atoms with E-state index < -0.39 is 5.54 Å². The molecule has 0 radical (unpaired) electrons. The monoisotopic (exact) mass is 387 g/mol. The molecule has 0 bridgehead atoms. The Morgan fingerprint density at radius 2 is 2.15 bits per heavy atom. The van der Waals surface area contributed by atoms with E-state index >= 15 is 0 Å². The van der Waals surface area contributed by atoms with Crippen LogP contribution < -0.4 is 16.4 Å². The Morgan fingerprint density at radius 3 is 2.69 bits per heavy atom. The number of rotatable bonds is 13. The molecule has 1 heterocycles. The van der Waals surface area contributed by atoms with Gasteiger partial charge in [-0.05, 0) is 25.2 Å². The highest BCUT2D eigenvalue weighted by Gasteiger charge is 2.44. The van der Waals surface area contributed by atoms with Crippen molar-refractivity contribution in [3.63, 3.8) is 0 Å². The maximum Gasteiger partial charge on any atom is 0.331 e. The van der Waals surface area contributed by atoms with Crippen LogP contribution in [0.25, 0.3) is 0 Å². The maximum absolute atomic E-state index is 12.4. The zero-order valence-corrected chi connectivity index (χ0v) is 17.4. The fraction of sp³-hybridized carbons (Fsp3) is 0.895. The van der Waals surface area contributed by atoms with Crippen LogP contribution in [0.2, 0.25) is 0 Å². The number of nitrogens with two attached hydrogens (primary N) is 1. The first-order chi connectivity index (χ1) is 12.4. The van der Waals surface area contributed by atoms with Crippen molar-refractivity contribution in [3.8, 4) is 0 Å². The minimum absolute atomic E-state index is 0.0375. The lowest BCUT2D eigenvalue weighted by molar-refractivity contribution is -0.146. The molecule has 1 fully saturated rings. The van der Waals surface area contributed by atoms with Crippen LogP contribution in [0.5, 0.6) is 0 Å². The van der Waals surface area contributed by atoms with Gasteiger partial charge in [0.1, 0.15) is 5.54 Å². The third-order valence-corrected chi connectivity index (χ3v) is 5.80. The summed E-state index contributed by atoms with van der Waals surface area (Å²) in [6.45, 7) is 7.53. The molecule has 1 amide bonds. The number of nitrogens with one attached hydrogen (secondary N) is 2. The van der Waals surface area contributed by atoms with Gasteiger partial charge in [-0.15, -0.1) is 0 Å². The van der Waals surface area contributed by atoms with Gasteiger partial charge in [0.05, 0.1) is 6.61 Å². The molecular formula is C19H37N3O3S. The number of esters is 1. The fourth-order valence-electron chi connectivity index (χ4n) is 3.44. The second kappa shape index (κ2) is 11.8. The smallest absolute Gasteiger partial charge is 0.331 e. The summed E-state index contributed by atoms with van der Waals surface area (Å²) in [5.74, 6) is 0.819. The zero-order valence-electron chi connectivity index (χ0n) is 16.6. The topological polar surface area (TPSA) is 93.5 Å². The van der Waals surface area contributed by atoms with Gasteiger partial charge in [-0.25, -0.2) is 4.79 Å². The number of carbonyl (C=O) groups excluding carboxylic acids is 2. The summed E-state index contributed by atoms with van der Waals surface area (Å²) >= 11 is 4.22. The molecule has 4 N–H and O–H groups in total. The Kier molecular flexibility index (Phi) is 10.6. The first-order valence-electron chi connectivity index (χ1n) is 9.96. The summed E-state index contributed by atoms with van der Waals surface area (Å²) in [6.07, 6.45) is 5.23. The lowest BCUT2D eigenvalue weighted by Gasteiger charge is -2.27. The average Bonchev–Trinajstić information content (AvgIpc) is 2.97. The summed E-state index contributed by atoms with van der Waals surface area (Å²) in [5, 5.41) is 6.48. The molecule has 1 aliphatic rings. The maximum atomic E-state index is 12.4. The number of cyclic esters (lactones) is 1. The average molecular weight is 388 g/mol. The molecule has 1 rings (SSSR count). The Labute approximate surface area is 163 Å². The zero-order chi connectivity index (χ0) is 19.6. The Balaban J connectivity index is 2.47. The quantitative estimate of drug-likeness (QED) is 0.287. The number of thiol groups is 1. The van der Waals surface area contributed by atoms with Crippen LogP contribution in [0.4, 0.5) is 0 Å². The van der Waals surface area contributed by atoms with Gasteiger partial charge in [0.15, 0.2) is 0 Å². The van der Waals surface area contributed by atoms with Gasteiger partial charge in [0.2, 0.25) is 5.91 Å². The fourth-order valence-corrected chi connectivity index (χ4v) is 3.57. The Morgan fingerprint density at radius 1 is 1.42 bits per heavy atom. The third-order valence-electron chi connectivity index (χ3n) is 5.33. The van der Waals surface area contributed by atoms with E-state index in [1.54, 1.807) is 0 Å². The van der Waals surface area contributed by atoms with E-state index in [0.29, 0.717) is 43.6 Å². The molecule has 0 aromatic heterocycles. The van der Waals surface area contributed by atoms with Crippen LogP contribution in [0.1, 0.15) is 65.7 Å². The van der Waals surface area contributed by atoms with E-state index in [0.717, 1.165) is 32.2 Å². The van der Waals surface area contributed by atoms with Crippen molar-refractivity contribution in [3.05, 3.63) is 0 Å². The van der Waals surface area contributed by atoms with E-state index in [2.05, 4.69) is 37.1 Å². The molecule has 0 saturated carbocycles. The van der Waals surface area contributed by atoms with E-state index in [4.69, 9.17) is 10.5 Å². The second-order valence-electron chi connectivity index (χ2n) is 7.50. The number of ether oxygens (including phenoxy) is 1. The van der Waals surface area contributed by atoms with Gasteiger partial charge in [-0.3, -0.25) is 4.79 Å². The molecule has 4 atom stereocenters. The SMILES string of the molecule is CCC[C@@]1(NC(=O)CCC[C@H](NC[C@@H](N)CS)[C@@H](C)CC)CCOC1=O. The van der Waals surface area contributed by atoms with Gasteiger partial charge in [0.25, 0.3) is 0 Å². The van der Waals surface area contributed by atoms with E-state index in [-0.39, 0.29) is 17.9 Å². The highest BCUT2D eigenvalue weighted by atomic mass is 32.1. The number of hydrogen-bond acceptors (Lipinski definition) is 6. The van der Waals surface area contributed by atoms with E-state index in [9.17, 15) is 9.59 Å². The van der Waals surface area contributed by atoms with Crippen molar-refractivity contribution in [1.29, 1.82) is 0 Å². The van der Waals surface area contributed by atoms with Crippen LogP contribution in [0.15, 0.2) is 0 Å². The molecule has 0 aromatic rings. The van der Waals surface area contributed by atoms with Crippen LogP contribution in [0.3, 0.4) is 0 Å². The Hall–Kier alpha value is -0.790. The summed E-state index contributed by atoms with van der Waals surface area (Å²) in [5.41, 5.74) is 5.13. The number of hydrogen-bond donors (Lipinski definition) is 4. The third kappa shape index (κ3) is 7.08. The van der Waals surface area contributed by atoms with Gasteiger partial charge >= 0.3 is 5.97 Å². The normalized spacial score (nSPS) is 23.3. The largest absolute Gasteiger partial charge is 0.464 e. The molecule has 26 heavy (non-hydrogen) atoms. The predicted molar refractivity (Wildman–Crippen MR) is 108 cm³/mol. The molecular weight excluding hydrogens is 350 g/mol. The molecule has 0 unspecified atom stereocenters. The first-order valence-corrected chi connectivity index (χ1v) is 10.6. The number of amides is 1. The van der Waals surface area contributed by atoms with Crippen molar-refractivity contribution >= 4 is 24.5 Å². The van der Waals surface area contributed by atoms with Crippen molar-refractivity contribution in [2.24, 2.45) is 11.7 Å². The lowest BCUT2D eigenvalue weighted by atomic mass is 9.91. The van der Waals surface area contributed by atoms with Crippen LogP contribution in [0, 0.1) is 5.92 Å². The van der Waals surface area contributed by atoms with Crippen LogP contribution >= 0.6 is 12.6 Å². The van der Waals surface area contributed by atoms with Gasteiger partial charge in [-0.1, -0.05) is 33.6 Å². The molecule has 0 aliphatic carbocycles. The van der Waals surface area contributed by atoms with Gasteiger partial charge < -0.3 is 21.1 Å². The van der Waals surface area contributed by atoms with E-state index in [1.165, 1.54) is 0 Å². The molecule has 7 heteroatoms. The van der Waals surface area contributed by atoms with Gasteiger partial charge in [-0.2, -0.15) is 12.6 Å². The minimum atomic E-state index is -0.806. The van der Waals surface area contributed by atoms with Crippen molar-refractivity contribution in [2.45, 2.75) is 83.3 Å². The summed E-state index contributed by atoms with van der Waals surface area (Å²) < 4.78 is 5.09. The Bertz CT molecular complexity index is 450. The van der Waals surface area contributed by atoms with Gasteiger partial charge in [0, 0.05) is 37.2 Å². The molecule has 6 nitrogen and oxygen atoms in total. The molecule has 0 aromatic carbocycles. The van der Waals surface area contributed by atoms with Crippen LogP contribution in [-0.2, 0) is 14.3 Å². The second-order valence-corrected chi connectivity index (χ2v) is 7.87. The molecule has 1 saturated heterocycles. The number of carbonyl (C=O) groups is 2. The minimum Gasteiger partial charge on any atom is -0.464 e. The molecule has 152 valence electrons. The highest BCUT2D eigenvalue weighted by Crippen LogP contribution is 2.26. The van der Waals surface area contributed by atoms with Crippen molar-refractivity contribution in [2.75, 3.05) is 18.9 Å². The first kappa shape index (κ1) is 23.2. The highest BCUT2D eigenvalue weighted by molar-refractivity contribution is 7.80. The predicted octanol–water partition coefficient (Wildman–Crippen LogP) is 2.02. The lowest BCUT2D eigenvalue weighted by Crippen LogP contribution is -2.52. The summed E-state index contributed by atoms with van der Waals surface area (Å²) in [4.78, 5) is 24.4. The van der Waals surface area contributed by atoms with Crippen LogP contribution in [-0.4, -0.2) is 48.4 Å². The molecule has 0 spiro atoms.